The number of unbranched alkanes of at least 4 members (excludes halogenated alkanes) is 2. The Morgan fingerprint density at radius 2 is 1.80 bits per heavy atom. The lowest BCUT2D eigenvalue weighted by atomic mass is 10.0. The van der Waals surface area contributed by atoms with Crippen LogP contribution >= 0.6 is 0 Å². The summed E-state index contributed by atoms with van der Waals surface area (Å²) in [5, 5.41) is 0. The van der Waals surface area contributed by atoms with Crippen LogP contribution in [0.2, 0.25) is 0 Å². The second-order valence-electron chi connectivity index (χ2n) is 3.70. The zero-order valence-electron chi connectivity index (χ0n) is 10.1. The molecule has 0 saturated heterocycles. The molecular formula is C12H23NO2. The molecule has 0 saturated carbocycles. The van der Waals surface area contributed by atoms with Crippen molar-refractivity contribution in [2.45, 2.75) is 52.4 Å². The summed E-state index contributed by atoms with van der Waals surface area (Å²) < 4.78 is 4.72. The molecule has 0 atom stereocenters. The Morgan fingerprint density at radius 1 is 1.13 bits per heavy atom. The van der Waals surface area contributed by atoms with Crippen LogP contribution in [-0.2, 0) is 9.53 Å². The van der Waals surface area contributed by atoms with E-state index in [-0.39, 0.29) is 5.97 Å². The van der Waals surface area contributed by atoms with Crippen LogP contribution in [0.3, 0.4) is 0 Å². The van der Waals surface area contributed by atoms with Crippen molar-refractivity contribution < 1.29 is 9.53 Å². The first-order chi connectivity index (χ1) is 7.17. The lowest BCUT2D eigenvalue weighted by Gasteiger charge is -2.09. The van der Waals surface area contributed by atoms with Crippen LogP contribution < -0.4 is 5.73 Å². The van der Waals surface area contributed by atoms with Gasteiger partial charge in [0.25, 0.3) is 0 Å². The highest BCUT2D eigenvalue weighted by Gasteiger charge is 2.12. The van der Waals surface area contributed by atoms with E-state index in [2.05, 4.69) is 6.92 Å². The van der Waals surface area contributed by atoms with Crippen molar-refractivity contribution in [3.8, 4) is 0 Å². The van der Waals surface area contributed by atoms with Crippen molar-refractivity contribution in [2.24, 2.45) is 5.73 Å². The van der Waals surface area contributed by atoms with E-state index in [0.29, 0.717) is 17.7 Å². The maximum Gasteiger partial charge on any atom is 0.335 e. The number of allylic oxidation sites excluding steroid dienone is 1. The predicted molar refractivity (Wildman–Crippen MR) is 62.3 cm³/mol. The molecular weight excluding hydrogens is 190 g/mol. The molecule has 0 rings (SSSR count). The summed E-state index contributed by atoms with van der Waals surface area (Å²) >= 11 is 0. The fraction of sp³-hybridized carbons (Fsp3) is 0.750. The predicted octanol–water partition coefficient (Wildman–Crippen LogP) is 2.75. The van der Waals surface area contributed by atoms with Gasteiger partial charge in [0, 0.05) is 5.70 Å². The highest BCUT2D eigenvalue weighted by atomic mass is 16.5. The summed E-state index contributed by atoms with van der Waals surface area (Å²) in [7, 11) is 1.40. The van der Waals surface area contributed by atoms with Gasteiger partial charge in [-0.1, -0.05) is 33.1 Å². The van der Waals surface area contributed by atoms with Crippen LogP contribution in [0.4, 0.5) is 0 Å². The van der Waals surface area contributed by atoms with Crippen LogP contribution in [0.25, 0.3) is 0 Å². The summed E-state index contributed by atoms with van der Waals surface area (Å²) in [5.41, 5.74) is 7.27. The largest absolute Gasteiger partial charge is 0.466 e. The lowest BCUT2D eigenvalue weighted by Crippen LogP contribution is -2.12. The molecule has 0 spiro atoms. The van der Waals surface area contributed by atoms with Gasteiger partial charge in [-0.05, 0) is 19.3 Å². The molecule has 0 fully saturated rings. The molecule has 0 unspecified atom stereocenters. The van der Waals surface area contributed by atoms with E-state index >= 15 is 0 Å². The number of rotatable bonds is 7. The van der Waals surface area contributed by atoms with Gasteiger partial charge in [0.05, 0.1) is 12.7 Å². The van der Waals surface area contributed by atoms with Crippen molar-refractivity contribution in [3.05, 3.63) is 11.3 Å². The second kappa shape index (κ2) is 8.33. The maximum absolute atomic E-state index is 11.4. The summed E-state index contributed by atoms with van der Waals surface area (Å²) in [6.07, 6.45) is 5.80. The first-order valence-corrected chi connectivity index (χ1v) is 5.73. The molecule has 0 aliphatic carbocycles. The van der Waals surface area contributed by atoms with Gasteiger partial charge in [-0.15, -0.1) is 0 Å². The van der Waals surface area contributed by atoms with Crippen molar-refractivity contribution in [3.63, 3.8) is 0 Å². The van der Waals surface area contributed by atoms with E-state index in [0.717, 1.165) is 32.1 Å². The third kappa shape index (κ3) is 5.45. The SMILES string of the molecule is CCCCC/C(N)=C(\CCC)C(=O)OC. The van der Waals surface area contributed by atoms with Crippen LogP contribution in [0, 0.1) is 0 Å². The first-order valence-electron chi connectivity index (χ1n) is 5.73. The minimum atomic E-state index is -0.272. The molecule has 88 valence electrons. The molecule has 3 heteroatoms. The first kappa shape index (κ1) is 14.0. The summed E-state index contributed by atoms with van der Waals surface area (Å²) in [5.74, 6) is -0.272. The number of esters is 1. The Bertz CT molecular complexity index is 222. The van der Waals surface area contributed by atoms with E-state index in [1.165, 1.54) is 7.11 Å². The minimum Gasteiger partial charge on any atom is -0.466 e. The quantitative estimate of drug-likeness (QED) is 0.402. The number of carbonyl (C=O) groups is 1. The highest BCUT2D eigenvalue weighted by molar-refractivity contribution is 5.89. The molecule has 15 heavy (non-hydrogen) atoms. The Morgan fingerprint density at radius 3 is 2.27 bits per heavy atom. The summed E-state index contributed by atoms with van der Waals surface area (Å²) in [4.78, 5) is 11.4. The van der Waals surface area contributed by atoms with Gasteiger partial charge in [0.2, 0.25) is 0 Å². The lowest BCUT2D eigenvalue weighted by molar-refractivity contribution is -0.136. The fourth-order valence-corrected chi connectivity index (χ4v) is 1.48. The van der Waals surface area contributed by atoms with Crippen LogP contribution in [0.15, 0.2) is 11.3 Å². The van der Waals surface area contributed by atoms with Crippen molar-refractivity contribution in [2.75, 3.05) is 7.11 Å². The number of carbonyl (C=O) groups excluding carboxylic acids is 1. The van der Waals surface area contributed by atoms with Gasteiger partial charge < -0.3 is 10.5 Å². The van der Waals surface area contributed by atoms with Crippen LogP contribution in [0.5, 0.6) is 0 Å². The molecule has 2 N–H and O–H groups in total. The summed E-state index contributed by atoms with van der Waals surface area (Å²) in [6.45, 7) is 4.18. The molecule has 0 radical (unpaired) electrons. The smallest absolute Gasteiger partial charge is 0.335 e. The fourth-order valence-electron chi connectivity index (χ4n) is 1.48. The van der Waals surface area contributed by atoms with Crippen LogP contribution in [-0.4, -0.2) is 13.1 Å². The van der Waals surface area contributed by atoms with Gasteiger partial charge in [-0.3, -0.25) is 0 Å². The standard InChI is InChI=1S/C12H23NO2/c1-4-6-7-9-11(13)10(8-5-2)12(14)15-3/h4-9,13H2,1-3H3/b11-10-. The number of hydrogen-bond acceptors (Lipinski definition) is 3. The van der Waals surface area contributed by atoms with E-state index in [4.69, 9.17) is 10.5 Å². The van der Waals surface area contributed by atoms with Gasteiger partial charge in [0.15, 0.2) is 0 Å². The molecule has 0 bridgehead atoms. The van der Waals surface area contributed by atoms with E-state index in [1.54, 1.807) is 0 Å². The number of methoxy groups -OCH3 is 1. The third-order valence-corrected chi connectivity index (χ3v) is 2.37. The molecule has 3 nitrogen and oxygen atoms in total. The molecule has 0 heterocycles. The van der Waals surface area contributed by atoms with E-state index in [1.807, 2.05) is 6.92 Å². The number of nitrogens with two attached hydrogens (primary N) is 1. The average Bonchev–Trinajstić information content (AvgIpc) is 2.25. The second-order valence-corrected chi connectivity index (χ2v) is 3.70. The van der Waals surface area contributed by atoms with E-state index in [9.17, 15) is 4.79 Å². The zero-order valence-corrected chi connectivity index (χ0v) is 10.1. The Kier molecular flexibility index (Phi) is 7.78. The number of hydrogen-bond donors (Lipinski definition) is 1. The molecule has 0 aromatic carbocycles. The molecule has 0 amide bonds. The Hall–Kier alpha value is -0.990. The average molecular weight is 213 g/mol. The minimum absolute atomic E-state index is 0.272. The molecule has 0 aromatic heterocycles. The van der Waals surface area contributed by atoms with Gasteiger partial charge in [-0.2, -0.15) is 0 Å². The van der Waals surface area contributed by atoms with Gasteiger partial charge >= 0.3 is 5.97 Å². The van der Waals surface area contributed by atoms with Crippen LogP contribution in [0.1, 0.15) is 52.4 Å². The Labute approximate surface area is 92.7 Å². The topological polar surface area (TPSA) is 52.3 Å². The molecule has 0 aliphatic heterocycles. The maximum atomic E-state index is 11.4. The monoisotopic (exact) mass is 213 g/mol. The van der Waals surface area contributed by atoms with Gasteiger partial charge in [0.1, 0.15) is 0 Å². The molecule has 0 aliphatic rings. The van der Waals surface area contributed by atoms with Gasteiger partial charge in [-0.25, -0.2) is 4.79 Å². The van der Waals surface area contributed by atoms with E-state index < -0.39 is 0 Å². The summed E-state index contributed by atoms with van der Waals surface area (Å²) in [6, 6.07) is 0. The number of ether oxygens (including phenoxy) is 1. The van der Waals surface area contributed by atoms with Crippen molar-refractivity contribution >= 4 is 5.97 Å². The normalized spacial score (nSPS) is 12.2. The Balaban J connectivity index is 4.39. The zero-order chi connectivity index (χ0) is 11.7. The van der Waals surface area contributed by atoms with Crippen molar-refractivity contribution in [1.29, 1.82) is 0 Å². The molecule has 0 aromatic rings. The van der Waals surface area contributed by atoms with Crippen molar-refractivity contribution in [1.82, 2.24) is 0 Å². The third-order valence-electron chi connectivity index (χ3n) is 2.37. The highest BCUT2D eigenvalue weighted by Crippen LogP contribution is 2.14.